The lowest BCUT2D eigenvalue weighted by atomic mass is 9.24. The van der Waals surface area contributed by atoms with Crippen molar-refractivity contribution in [3.63, 3.8) is 0 Å². The molecule has 0 N–H and O–H groups in total. The van der Waals surface area contributed by atoms with Crippen molar-refractivity contribution >= 4 is 7.12 Å². The van der Waals surface area contributed by atoms with Crippen LogP contribution in [0.2, 0.25) is 5.31 Å². The molecule has 1 aliphatic heterocycles. The van der Waals surface area contributed by atoms with Crippen molar-refractivity contribution in [1.82, 2.24) is 0 Å². The molecular weight excluding hydrogens is 244 g/mol. The lowest BCUT2D eigenvalue weighted by Gasteiger charge is -2.70. The summed E-state index contributed by atoms with van der Waals surface area (Å²) in [4.78, 5) is 0. The van der Waals surface area contributed by atoms with Gasteiger partial charge in [-0.05, 0) is 47.0 Å². The molecule has 2 nitrogen and oxygen atoms in total. The second kappa shape index (κ2) is 2.93. The molecule has 6 heteroatoms. The molecule has 0 atom stereocenters. The minimum Gasteiger partial charge on any atom is -0.403 e. The summed E-state index contributed by atoms with van der Waals surface area (Å²) >= 11 is 0. The van der Waals surface area contributed by atoms with Gasteiger partial charge in [0.2, 0.25) is 0 Å². The highest BCUT2D eigenvalue weighted by atomic mass is 19.4. The number of halogens is 3. The maximum absolute atomic E-state index is 12.8. The molecule has 4 rings (SSSR count). The summed E-state index contributed by atoms with van der Waals surface area (Å²) in [5.41, 5.74) is -2.35. The maximum Gasteiger partial charge on any atom is 0.464 e. The first-order valence-electron chi connectivity index (χ1n) is 6.36. The Kier molecular flexibility index (Phi) is 2.08. The molecular formula is C12H18BF3O2. The summed E-state index contributed by atoms with van der Waals surface area (Å²) in [6.07, 6.45) is -3.57. The quantitative estimate of drug-likeness (QED) is 0.672. The van der Waals surface area contributed by atoms with Crippen molar-refractivity contribution in [2.45, 2.75) is 69.7 Å². The summed E-state index contributed by atoms with van der Waals surface area (Å²) in [7, 11) is -0.480. The molecule has 4 fully saturated rings. The van der Waals surface area contributed by atoms with Gasteiger partial charge < -0.3 is 9.31 Å². The maximum atomic E-state index is 12.8. The van der Waals surface area contributed by atoms with E-state index in [0.29, 0.717) is 0 Å². The Labute approximate surface area is 105 Å². The van der Waals surface area contributed by atoms with Crippen LogP contribution in [0.1, 0.15) is 47.0 Å². The van der Waals surface area contributed by atoms with E-state index in [-0.39, 0.29) is 24.6 Å². The zero-order chi connectivity index (χ0) is 13.6. The van der Waals surface area contributed by atoms with Gasteiger partial charge in [-0.25, -0.2) is 0 Å². The fourth-order valence-electron chi connectivity index (χ4n) is 3.51. The molecule has 0 amide bonds. The molecule has 1 saturated heterocycles. The van der Waals surface area contributed by atoms with Gasteiger partial charge in [0.1, 0.15) is 0 Å². The van der Waals surface area contributed by atoms with Crippen molar-refractivity contribution in [1.29, 1.82) is 0 Å². The Morgan fingerprint density at radius 2 is 1.28 bits per heavy atom. The Balaban J connectivity index is 1.72. The summed E-state index contributed by atoms with van der Waals surface area (Å²) < 4.78 is 50.2. The molecule has 0 aromatic rings. The normalized spacial score (nSPS) is 44.5. The van der Waals surface area contributed by atoms with Gasteiger partial charge in [0, 0.05) is 5.31 Å². The standard InChI is InChI=1S/C12H18BF3O2/c1-8(2)9(3,4)18-13(17-8)11-5-10(6-11,7-11)12(14,15)16/h5-7H2,1-4H3. The second-order valence-corrected chi connectivity index (χ2v) is 7.26. The van der Waals surface area contributed by atoms with Crippen LogP contribution < -0.4 is 0 Å². The SMILES string of the molecule is CC1(C)OB(C23CC(C(F)(F)F)(C2)C3)OC1(C)C. The van der Waals surface area contributed by atoms with Crippen LogP contribution in [0.15, 0.2) is 0 Å². The Morgan fingerprint density at radius 3 is 1.61 bits per heavy atom. The molecule has 4 aliphatic rings. The highest BCUT2D eigenvalue weighted by Gasteiger charge is 2.83. The Hall–Kier alpha value is -0.225. The third-order valence-corrected chi connectivity index (χ3v) is 5.43. The molecule has 18 heavy (non-hydrogen) atoms. The third kappa shape index (κ3) is 1.28. The fourth-order valence-corrected chi connectivity index (χ4v) is 3.51. The molecule has 0 unspecified atom stereocenters. The lowest BCUT2D eigenvalue weighted by Crippen LogP contribution is -2.69. The summed E-state index contributed by atoms with van der Waals surface area (Å²) in [5, 5.41) is -0.388. The summed E-state index contributed by atoms with van der Waals surface area (Å²) in [6, 6.07) is 0. The van der Waals surface area contributed by atoms with Gasteiger partial charge in [0.25, 0.3) is 0 Å². The molecule has 2 bridgehead atoms. The van der Waals surface area contributed by atoms with E-state index in [0.717, 1.165) is 0 Å². The van der Waals surface area contributed by atoms with E-state index in [1.165, 1.54) is 0 Å². The third-order valence-electron chi connectivity index (χ3n) is 5.43. The van der Waals surface area contributed by atoms with E-state index in [1.54, 1.807) is 0 Å². The van der Waals surface area contributed by atoms with Gasteiger partial charge in [-0.15, -0.1) is 0 Å². The van der Waals surface area contributed by atoms with E-state index in [1.807, 2.05) is 27.7 Å². The summed E-state index contributed by atoms with van der Waals surface area (Å²) in [5.74, 6) is 0. The molecule has 3 aliphatic carbocycles. The van der Waals surface area contributed by atoms with Crippen LogP contribution in [0.5, 0.6) is 0 Å². The second-order valence-electron chi connectivity index (χ2n) is 7.26. The molecule has 0 spiro atoms. The van der Waals surface area contributed by atoms with Crippen molar-refractivity contribution in [3.05, 3.63) is 0 Å². The first-order chi connectivity index (χ1) is 7.93. The van der Waals surface area contributed by atoms with Gasteiger partial charge >= 0.3 is 13.3 Å². The number of rotatable bonds is 1. The molecule has 0 aromatic heterocycles. The predicted octanol–water partition coefficient (Wildman–Crippen LogP) is 3.57. The lowest BCUT2D eigenvalue weighted by molar-refractivity contribution is -0.322. The van der Waals surface area contributed by atoms with E-state index < -0.39 is 29.9 Å². The van der Waals surface area contributed by atoms with Gasteiger partial charge in [-0.3, -0.25) is 0 Å². The number of hydrogen-bond acceptors (Lipinski definition) is 2. The zero-order valence-electron chi connectivity index (χ0n) is 11.1. The molecule has 3 saturated carbocycles. The van der Waals surface area contributed by atoms with Crippen LogP contribution in [-0.4, -0.2) is 24.5 Å². The predicted molar refractivity (Wildman–Crippen MR) is 61.1 cm³/mol. The van der Waals surface area contributed by atoms with Crippen molar-refractivity contribution in [2.75, 3.05) is 0 Å². The van der Waals surface area contributed by atoms with Crippen LogP contribution in [0.3, 0.4) is 0 Å². The van der Waals surface area contributed by atoms with Crippen molar-refractivity contribution in [2.24, 2.45) is 5.41 Å². The van der Waals surface area contributed by atoms with Crippen LogP contribution in [0, 0.1) is 5.41 Å². The van der Waals surface area contributed by atoms with Crippen LogP contribution in [0.4, 0.5) is 13.2 Å². The first-order valence-corrected chi connectivity index (χ1v) is 6.36. The van der Waals surface area contributed by atoms with Crippen LogP contribution in [-0.2, 0) is 9.31 Å². The van der Waals surface area contributed by atoms with E-state index >= 15 is 0 Å². The molecule has 102 valence electrons. The van der Waals surface area contributed by atoms with Gasteiger partial charge in [-0.1, -0.05) is 0 Å². The average Bonchev–Trinajstić information content (AvgIpc) is 2.10. The van der Waals surface area contributed by atoms with Gasteiger partial charge in [-0.2, -0.15) is 13.2 Å². The van der Waals surface area contributed by atoms with E-state index in [9.17, 15) is 13.2 Å². The zero-order valence-corrected chi connectivity index (χ0v) is 11.1. The van der Waals surface area contributed by atoms with Gasteiger partial charge in [0.15, 0.2) is 0 Å². The Bertz CT molecular complexity index is 367. The minimum absolute atomic E-state index is 0.167. The largest absolute Gasteiger partial charge is 0.464 e. The average molecular weight is 262 g/mol. The summed E-state index contributed by atoms with van der Waals surface area (Å²) in [6.45, 7) is 7.71. The molecule has 0 radical (unpaired) electrons. The highest BCUT2D eigenvalue weighted by molar-refractivity contribution is 6.51. The van der Waals surface area contributed by atoms with Crippen molar-refractivity contribution < 1.29 is 22.5 Å². The Morgan fingerprint density at radius 1 is 0.889 bits per heavy atom. The smallest absolute Gasteiger partial charge is 0.403 e. The van der Waals surface area contributed by atoms with Crippen LogP contribution >= 0.6 is 0 Å². The highest BCUT2D eigenvalue weighted by Crippen LogP contribution is 2.84. The first kappa shape index (κ1) is 12.8. The minimum atomic E-state index is -4.07. The molecule has 1 heterocycles. The van der Waals surface area contributed by atoms with Crippen molar-refractivity contribution in [3.8, 4) is 0 Å². The number of hydrogen-bond donors (Lipinski definition) is 0. The fraction of sp³-hybridized carbons (Fsp3) is 1.00. The monoisotopic (exact) mass is 262 g/mol. The topological polar surface area (TPSA) is 18.5 Å². The van der Waals surface area contributed by atoms with Crippen LogP contribution in [0.25, 0.3) is 0 Å². The van der Waals surface area contributed by atoms with E-state index in [2.05, 4.69) is 0 Å². The van der Waals surface area contributed by atoms with E-state index in [4.69, 9.17) is 9.31 Å². The number of alkyl halides is 3. The van der Waals surface area contributed by atoms with Gasteiger partial charge in [0.05, 0.1) is 16.6 Å². The molecule has 0 aromatic carbocycles.